The van der Waals surface area contributed by atoms with E-state index in [2.05, 4.69) is 24.4 Å². The second-order valence-corrected chi connectivity index (χ2v) is 5.55. The van der Waals surface area contributed by atoms with Crippen LogP contribution in [-0.4, -0.2) is 41.4 Å². The van der Waals surface area contributed by atoms with E-state index in [1.165, 1.54) is 11.1 Å². The zero-order valence-electron chi connectivity index (χ0n) is 11.0. The summed E-state index contributed by atoms with van der Waals surface area (Å²) in [7, 11) is 0. The van der Waals surface area contributed by atoms with Crippen LogP contribution in [0.3, 0.4) is 0 Å². The maximum atomic E-state index is 11.7. The molecule has 0 unspecified atom stereocenters. The van der Waals surface area contributed by atoms with E-state index in [4.69, 9.17) is 0 Å². The van der Waals surface area contributed by atoms with Gasteiger partial charge in [-0.25, -0.2) is 0 Å². The van der Waals surface area contributed by atoms with Crippen molar-refractivity contribution in [3.63, 3.8) is 0 Å². The lowest BCUT2D eigenvalue weighted by atomic mass is 10.1. The third-order valence-corrected chi connectivity index (χ3v) is 4.08. The highest BCUT2D eigenvalue weighted by Crippen LogP contribution is 2.13. The number of nitrogens with zero attached hydrogens (tertiary/aromatic N) is 1. The maximum absolute atomic E-state index is 11.7. The Morgan fingerprint density at radius 1 is 1.42 bits per heavy atom. The summed E-state index contributed by atoms with van der Waals surface area (Å²) in [6.07, 6.45) is 0.821. The summed E-state index contributed by atoms with van der Waals surface area (Å²) < 4.78 is 0. The molecule has 1 aliphatic heterocycles. The van der Waals surface area contributed by atoms with Gasteiger partial charge in [0, 0.05) is 6.54 Å². The largest absolute Gasteiger partial charge is 0.354 e. The van der Waals surface area contributed by atoms with Gasteiger partial charge in [-0.1, -0.05) is 24.3 Å². The number of hydrogen-bond donors (Lipinski definition) is 1. The second-order valence-electron chi connectivity index (χ2n) is 4.60. The van der Waals surface area contributed by atoms with E-state index in [9.17, 15) is 9.59 Å². The first-order chi connectivity index (χ1) is 9.16. The molecule has 2 amide bonds. The van der Waals surface area contributed by atoms with Crippen molar-refractivity contribution in [3.05, 3.63) is 35.4 Å². The minimum absolute atomic E-state index is 0.0547. The van der Waals surface area contributed by atoms with Gasteiger partial charge in [0.1, 0.15) is 6.54 Å². The first-order valence-electron chi connectivity index (χ1n) is 6.33. The van der Waals surface area contributed by atoms with E-state index in [0.29, 0.717) is 18.2 Å². The van der Waals surface area contributed by atoms with Crippen molar-refractivity contribution in [2.75, 3.05) is 24.7 Å². The fraction of sp³-hybridized carbons (Fsp3) is 0.429. The Hall–Kier alpha value is -1.49. The molecule has 1 aliphatic rings. The molecule has 0 spiro atoms. The van der Waals surface area contributed by atoms with Crippen molar-refractivity contribution in [1.82, 2.24) is 10.2 Å². The number of rotatable bonds is 5. The number of carbonyl (C=O) groups excluding carboxylic acids is 2. The minimum atomic E-state index is -0.0792. The summed E-state index contributed by atoms with van der Waals surface area (Å²) in [5.41, 5.74) is 2.48. The van der Waals surface area contributed by atoms with Crippen molar-refractivity contribution in [1.29, 1.82) is 0 Å². The summed E-state index contributed by atoms with van der Waals surface area (Å²) in [5, 5.41) is 2.86. The van der Waals surface area contributed by atoms with E-state index in [1.54, 1.807) is 16.7 Å². The Morgan fingerprint density at radius 2 is 2.21 bits per heavy atom. The topological polar surface area (TPSA) is 49.4 Å². The second kappa shape index (κ2) is 6.61. The third-order valence-electron chi connectivity index (χ3n) is 3.14. The van der Waals surface area contributed by atoms with Crippen molar-refractivity contribution < 1.29 is 9.59 Å². The zero-order chi connectivity index (χ0) is 13.7. The van der Waals surface area contributed by atoms with Crippen molar-refractivity contribution in [2.24, 2.45) is 0 Å². The smallest absolute Gasteiger partial charge is 0.239 e. The van der Waals surface area contributed by atoms with E-state index in [1.807, 2.05) is 12.1 Å². The van der Waals surface area contributed by atoms with Crippen LogP contribution in [0.15, 0.2) is 24.3 Å². The number of amides is 2. The Labute approximate surface area is 117 Å². The Kier molecular flexibility index (Phi) is 4.85. The summed E-state index contributed by atoms with van der Waals surface area (Å²) in [6, 6.07) is 8.15. The number of thioether (sulfide) groups is 1. The van der Waals surface area contributed by atoms with Crippen LogP contribution in [0.2, 0.25) is 0 Å². The fourth-order valence-corrected chi connectivity index (χ4v) is 2.90. The maximum Gasteiger partial charge on any atom is 0.239 e. The van der Waals surface area contributed by atoms with Crippen LogP contribution in [0.4, 0.5) is 0 Å². The van der Waals surface area contributed by atoms with Crippen LogP contribution < -0.4 is 5.32 Å². The SMILES string of the molecule is Cc1ccccc1CCNC(=O)CN1CSCC1=O. The van der Waals surface area contributed by atoms with Crippen molar-refractivity contribution in [3.8, 4) is 0 Å². The average Bonchev–Trinajstić information content (AvgIpc) is 2.77. The summed E-state index contributed by atoms with van der Waals surface area (Å²) in [5.74, 6) is 1.10. The molecule has 0 aliphatic carbocycles. The molecule has 2 rings (SSSR count). The first kappa shape index (κ1) is 13.9. The van der Waals surface area contributed by atoms with Gasteiger partial charge in [-0.2, -0.15) is 0 Å². The molecule has 1 saturated heterocycles. The van der Waals surface area contributed by atoms with Crippen molar-refractivity contribution in [2.45, 2.75) is 13.3 Å². The van der Waals surface area contributed by atoms with Crippen LogP contribution >= 0.6 is 11.8 Å². The number of benzene rings is 1. The molecule has 5 heteroatoms. The number of aryl methyl sites for hydroxylation is 1. The molecule has 19 heavy (non-hydrogen) atoms. The predicted octanol–water partition coefficient (Wildman–Crippen LogP) is 1.19. The molecule has 0 saturated carbocycles. The van der Waals surface area contributed by atoms with Gasteiger partial charge in [-0.3, -0.25) is 9.59 Å². The molecule has 0 aromatic heterocycles. The minimum Gasteiger partial charge on any atom is -0.354 e. The van der Waals surface area contributed by atoms with Crippen molar-refractivity contribution >= 4 is 23.6 Å². The quantitative estimate of drug-likeness (QED) is 0.880. The molecule has 1 heterocycles. The number of nitrogens with one attached hydrogen (secondary N) is 1. The molecular weight excluding hydrogens is 260 g/mol. The predicted molar refractivity (Wildman–Crippen MR) is 76.9 cm³/mol. The highest BCUT2D eigenvalue weighted by Gasteiger charge is 2.22. The van der Waals surface area contributed by atoms with E-state index >= 15 is 0 Å². The van der Waals surface area contributed by atoms with Gasteiger partial charge >= 0.3 is 0 Å². The average molecular weight is 278 g/mol. The molecule has 0 radical (unpaired) electrons. The van der Waals surface area contributed by atoms with Gasteiger partial charge in [-0.05, 0) is 24.5 Å². The van der Waals surface area contributed by atoms with Crippen LogP contribution in [0.5, 0.6) is 0 Å². The third kappa shape index (κ3) is 3.99. The Morgan fingerprint density at radius 3 is 2.89 bits per heavy atom. The molecule has 0 atom stereocenters. The highest BCUT2D eigenvalue weighted by atomic mass is 32.2. The zero-order valence-corrected chi connectivity index (χ0v) is 11.8. The van der Waals surface area contributed by atoms with Crippen LogP contribution in [0, 0.1) is 6.92 Å². The van der Waals surface area contributed by atoms with Crippen LogP contribution in [-0.2, 0) is 16.0 Å². The molecular formula is C14H18N2O2S. The normalized spacial score (nSPS) is 14.8. The summed E-state index contributed by atoms with van der Waals surface area (Å²) in [6.45, 7) is 2.86. The molecule has 102 valence electrons. The lowest BCUT2D eigenvalue weighted by Gasteiger charge is -2.14. The molecule has 0 bridgehead atoms. The molecule has 1 N–H and O–H groups in total. The standard InChI is InChI=1S/C14H18N2O2S/c1-11-4-2-3-5-12(11)6-7-15-13(17)8-16-10-19-9-14(16)18/h2-5H,6-10H2,1H3,(H,15,17). The van der Waals surface area contributed by atoms with Gasteiger partial charge in [0.25, 0.3) is 0 Å². The lowest BCUT2D eigenvalue weighted by Crippen LogP contribution is -2.38. The highest BCUT2D eigenvalue weighted by molar-refractivity contribution is 8.00. The van der Waals surface area contributed by atoms with Crippen LogP contribution in [0.25, 0.3) is 0 Å². The van der Waals surface area contributed by atoms with E-state index in [-0.39, 0.29) is 18.4 Å². The number of carbonyl (C=O) groups is 2. The van der Waals surface area contributed by atoms with E-state index in [0.717, 1.165) is 6.42 Å². The molecule has 4 nitrogen and oxygen atoms in total. The summed E-state index contributed by atoms with van der Waals surface area (Å²) >= 11 is 1.55. The van der Waals surface area contributed by atoms with Gasteiger partial charge in [0.05, 0.1) is 11.6 Å². The van der Waals surface area contributed by atoms with Gasteiger partial charge < -0.3 is 10.2 Å². The number of hydrogen-bond acceptors (Lipinski definition) is 3. The molecule has 1 aromatic rings. The molecule has 1 aromatic carbocycles. The summed E-state index contributed by atoms with van der Waals surface area (Å²) in [4.78, 5) is 24.7. The molecule has 1 fully saturated rings. The monoisotopic (exact) mass is 278 g/mol. The van der Waals surface area contributed by atoms with Gasteiger partial charge in [0.15, 0.2) is 0 Å². The fourth-order valence-electron chi connectivity index (χ4n) is 2.00. The van der Waals surface area contributed by atoms with Gasteiger partial charge in [0.2, 0.25) is 11.8 Å². The lowest BCUT2D eigenvalue weighted by molar-refractivity contribution is -0.132. The van der Waals surface area contributed by atoms with Crippen LogP contribution in [0.1, 0.15) is 11.1 Å². The van der Waals surface area contributed by atoms with Gasteiger partial charge in [-0.15, -0.1) is 11.8 Å². The Bertz CT molecular complexity index is 476. The first-order valence-corrected chi connectivity index (χ1v) is 7.49. The van der Waals surface area contributed by atoms with E-state index < -0.39 is 0 Å². The Balaban J connectivity index is 1.72.